The molecule has 3 aromatic rings. The number of rotatable bonds is 12. The minimum atomic E-state index is -4.09. The van der Waals surface area contributed by atoms with E-state index >= 15 is 0 Å². The fraction of sp³-hybridized carbons (Fsp3) is 0.333. The lowest BCUT2D eigenvalue weighted by atomic mass is 10.1. The molecule has 9 heteroatoms. The Balaban J connectivity index is 2.00. The topological polar surface area (TPSA) is 86.8 Å². The summed E-state index contributed by atoms with van der Waals surface area (Å²) >= 11 is 3.39. The minimum Gasteiger partial charge on any atom is -0.354 e. The summed E-state index contributed by atoms with van der Waals surface area (Å²) < 4.78 is 29.6. The maximum Gasteiger partial charge on any atom is 0.264 e. The van der Waals surface area contributed by atoms with Crippen molar-refractivity contribution >= 4 is 43.5 Å². The summed E-state index contributed by atoms with van der Waals surface area (Å²) in [6, 6.07) is 20.1. The molecule has 0 radical (unpaired) electrons. The van der Waals surface area contributed by atoms with Gasteiger partial charge in [0.25, 0.3) is 10.0 Å². The second-order valence-electron chi connectivity index (χ2n) is 9.57. The van der Waals surface area contributed by atoms with Crippen molar-refractivity contribution in [2.45, 2.75) is 58.0 Å². The second-order valence-corrected chi connectivity index (χ2v) is 12.3. The number of hydrogen-bond acceptors (Lipinski definition) is 4. The number of carbonyl (C=O) groups is 2. The number of halogens is 1. The van der Waals surface area contributed by atoms with Gasteiger partial charge in [-0.05, 0) is 74.7 Å². The van der Waals surface area contributed by atoms with Gasteiger partial charge in [-0.1, -0.05) is 71.2 Å². The van der Waals surface area contributed by atoms with Crippen LogP contribution in [0.5, 0.6) is 0 Å². The van der Waals surface area contributed by atoms with Crippen molar-refractivity contribution in [3.05, 3.63) is 94.0 Å². The van der Waals surface area contributed by atoms with E-state index in [0.717, 1.165) is 38.3 Å². The van der Waals surface area contributed by atoms with E-state index in [0.29, 0.717) is 12.2 Å². The highest BCUT2D eigenvalue weighted by Crippen LogP contribution is 2.26. The Morgan fingerprint density at radius 2 is 1.59 bits per heavy atom. The van der Waals surface area contributed by atoms with Gasteiger partial charge in [0.2, 0.25) is 11.8 Å². The van der Waals surface area contributed by atoms with Crippen LogP contribution in [0.25, 0.3) is 0 Å². The van der Waals surface area contributed by atoms with E-state index in [1.54, 1.807) is 43.3 Å². The van der Waals surface area contributed by atoms with Crippen molar-refractivity contribution in [2.24, 2.45) is 0 Å². The van der Waals surface area contributed by atoms with E-state index in [-0.39, 0.29) is 17.3 Å². The molecule has 0 unspecified atom stereocenters. The van der Waals surface area contributed by atoms with Crippen LogP contribution in [0.1, 0.15) is 43.4 Å². The summed E-state index contributed by atoms with van der Waals surface area (Å²) in [7, 11) is -4.09. The number of nitrogens with one attached hydrogen (secondary N) is 1. The van der Waals surface area contributed by atoms with Crippen LogP contribution in [-0.4, -0.2) is 44.3 Å². The zero-order valence-electron chi connectivity index (χ0n) is 22.9. The van der Waals surface area contributed by atoms with Gasteiger partial charge < -0.3 is 10.2 Å². The van der Waals surface area contributed by atoms with Gasteiger partial charge in [-0.3, -0.25) is 13.9 Å². The molecule has 0 saturated heterocycles. The Hall–Kier alpha value is -3.17. The van der Waals surface area contributed by atoms with Crippen LogP contribution in [-0.2, 0) is 26.2 Å². The fourth-order valence-electron chi connectivity index (χ4n) is 4.06. The summed E-state index contributed by atoms with van der Waals surface area (Å²) in [5.41, 5.74) is 3.14. The van der Waals surface area contributed by atoms with Gasteiger partial charge in [0, 0.05) is 17.6 Å². The van der Waals surface area contributed by atoms with E-state index in [1.807, 2.05) is 45.0 Å². The Morgan fingerprint density at radius 3 is 2.21 bits per heavy atom. The summed E-state index contributed by atoms with van der Waals surface area (Å²) in [6.45, 7) is 7.76. The summed E-state index contributed by atoms with van der Waals surface area (Å²) in [4.78, 5) is 28.5. The summed E-state index contributed by atoms with van der Waals surface area (Å²) in [6.07, 6.45) is 1.76. The Morgan fingerprint density at radius 1 is 0.949 bits per heavy atom. The molecule has 0 spiro atoms. The molecule has 1 N–H and O–H groups in total. The predicted molar refractivity (Wildman–Crippen MR) is 159 cm³/mol. The van der Waals surface area contributed by atoms with Crippen LogP contribution < -0.4 is 9.62 Å². The molecular formula is C30H36BrN3O4S. The van der Waals surface area contributed by atoms with Crippen molar-refractivity contribution in [1.82, 2.24) is 10.2 Å². The average molecular weight is 615 g/mol. The predicted octanol–water partition coefficient (Wildman–Crippen LogP) is 5.59. The third-order valence-corrected chi connectivity index (χ3v) is 8.92. The van der Waals surface area contributed by atoms with Crippen LogP contribution in [0.3, 0.4) is 0 Å². The van der Waals surface area contributed by atoms with E-state index < -0.39 is 28.5 Å². The zero-order chi connectivity index (χ0) is 28.6. The van der Waals surface area contributed by atoms with Gasteiger partial charge in [0.15, 0.2) is 0 Å². The van der Waals surface area contributed by atoms with Gasteiger partial charge >= 0.3 is 0 Å². The molecule has 0 aliphatic rings. The number of hydrogen-bond donors (Lipinski definition) is 1. The lowest BCUT2D eigenvalue weighted by Crippen LogP contribution is -2.51. The first-order valence-electron chi connectivity index (χ1n) is 13.0. The molecule has 0 aliphatic carbocycles. The number of amides is 2. The van der Waals surface area contributed by atoms with E-state index in [9.17, 15) is 18.0 Å². The normalized spacial score (nSPS) is 12.0. The fourth-order valence-corrected chi connectivity index (χ4v) is 5.74. The van der Waals surface area contributed by atoms with Crippen molar-refractivity contribution in [3.63, 3.8) is 0 Å². The highest BCUT2D eigenvalue weighted by atomic mass is 79.9. The first kappa shape index (κ1) is 30.4. The number of anilines is 1. The number of carbonyl (C=O) groups excluding carboxylic acids is 2. The molecule has 7 nitrogen and oxygen atoms in total. The van der Waals surface area contributed by atoms with Crippen LogP contribution in [0.2, 0.25) is 0 Å². The number of aryl methyl sites for hydroxylation is 2. The molecular weight excluding hydrogens is 578 g/mol. The molecule has 0 aromatic heterocycles. The highest BCUT2D eigenvalue weighted by molar-refractivity contribution is 9.10. The van der Waals surface area contributed by atoms with Crippen molar-refractivity contribution in [1.29, 1.82) is 0 Å². The van der Waals surface area contributed by atoms with E-state index in [2.05, 4.69) is 21.2 Å². The molecule has 1 atom stereocenters. The van der Waals surface area contributed by atoms with Crippen LogP contribution in [0.15, 0.2) is 82.2 Å². The van der Waals surface area contributed by atoms with Crippen LogP contribution >= 0.6 is 15.9 Å². The van der Waals surface area contributed by atoms with Crippen molar-refractivity contribution < 1.29 is 18.0 Å². The van der Waals surface area contributed by atoms with Gasteiger partial charge in [0.05, 0.1) is 10.6 Å². The number of nitrogens with zero attached hydrogens (tertiary/aromatic N) is 2. The lowest BCUT2D eigenvalue weighted by molar-refractivity contribution is -0.139. The van der Waals surface area contributed by atoms with Crippen molar-refractivity contribution in [2.75, 3.05) is 17.4 Å². The Labute approximate surface area is 240 Å². The molecule has 2 amide bonds. The van der Waals surface area contributed by atoms with Crippen LogP contribution in [0.4, 0.5) is 5.69 Å². The quantitative estimate of drug-likeness (QED) is 0.270. The zero-order valence-corrected chi connectivity index (χ0v) is 25.3. The molecule has 3 rings (SSSR count). The standard InChI is InChI=1S/C30H36BrN3O4S/c1-5-6-19-32-30(36)24(4)33(20-25-10-8-7-9-23(25)3)29(35)21-34(27-15-13-26(31)14-16-27)39(37,38)28-17-11-22(2)12-18-28/h7-18,24H,5-6,19-21H2,1-4H3,(H,32,36)/t24-/m1/s1. The van der Waals surface area contributed by atoms with E-state index in [1.165, 1.54) is 17.0 Å². The molecule has 0 aliphatic heterocycles. The molecule has 0 bridgehead atoms. The van der Waals surface area contributed by atoms with Gasteiger partial charge in [-0.25, -0.2) is 8.42 Å². The Kier molecular flexibility index (Phi) is 10.7. The summed E-state index contributed by atoms with van der Waals surface area (Å²) in [5, 5.41) is 2.90. The smallest absolute Gasteiger partial charge is 0.264 e. The van der Waals surface area contributed by atoms with Gasteiger partial charge in [-0.2, -0.15) is 0 Å². The minimum absolute atomic E-state index is 0.0830. The Bertz CT molecular complexity index is 1380. The maximum atomic E-state index is 13.9. The van der Waals surface area contributed by atoms with Crippen LogP contribution in [0, 0.1) is 13.8 Å². The van der Waals surface area contributed by atoms with E-state index in [4.69, 9.17) is 0 Å². The third-order valence-electron chi connectivity index (χ3n) is 6.60. The molecule has 208 valence electrons. The maximum absolute atomic E-state index is 13.9. The number of benzene rings is 3. The molecule has 0 heterocycles. The third kappa shape index (κ3) is 7.92. The largest absolute Gasteiger partial charge is 0.354 e. The molecule has 0 fully saturated rings. The monoisotopic (exact) mass is 613 g/mol. The summed E-state index contributed by atoms with van der Waals surface area (Å²) in [5.74, 6) is -0.753. The number of sulfonamides is 1. The highest BCUT2D eigenvalue weighted by Gasteiger charge is 2.32. The lowest BCUT2D eigenvalue weighted by Gasteiger charge is -2.32. The first-order valence-corrected chi connectivity index (χ1v) is 15.2. The molecule has 39 heavy (non-hydrogen) atoms. The molecule has 0 saturated carbocycles. The van der Waals surface area contributed by atoms with Crippen molar-refractivity contribution in [3.8, 4) is 0 Å². The molecule has 3 aromatic carbocycles. The SMILES string of the molecule is CCCCNC(=O)[C@@H](C)N(Cc1ccccc1C)C(=O)CN(c1ccc(Br)cc1)S(=O)(=O)c1ccc(C)cc1. The number of unbranched alkanes of at least 4 members (excludes halogenated alkanes) is 1. The first-order chi connectivity index (χ1) is 18.5. The van der Waals surface area contributed by atoms with Gasteiger partial charge in [0.1, 0.15) is 12.6 Å². The van der Waals surface area contributed by atoms with Gasteiger partial charge in [-0.15, -0.1) is 0 Å². The second kappa shape index (κ2) is 13.8. The average Bonchev–Trinajstić information content (AvgIpc) is 2.91.